The van der Waals surface area contributed by atoms with E-state index in [2.05, 4.69) is 38.6 Å². The maximum atomic E-state index is 13.1. The van der Waals surface area contributed by atoms with Crippen LogP contribution in [-0.2, 0) is 6.42 Å². The number of anilines is 1. The molecule has 0 N–H and O–H groups in total. The Hall–Kier alpha value is -3.97. The highest BCUT2D eigenvalue weighted by atomic mass is 35.5. The molecule has 3 heterocycles. The highest BCUT2D eigenvalue weighted by Gasteiger charge is 2.30. The summed E-state index contributed by atoms with van der Waals surface area (Å²) in [5, 5.41) is 10.7. The molecule has 1 fully saturated rings. The molecule has 7 nitrogen and oxygen atoms in total. The summed E-state index contributed by atoms with van der Waals surface area (Å²) < 4.78 is 2.06. The Balaban J connectivity index is 1.40. The van der Waals surface area contributed by atoms with Crippen molar-refractivity contribution in [3.05, 3.63) is 101 Å². The summed E-state index contributed by atoms with van der Waals surface area (Å²) in [5.74, 6) is 1.65. The third-order valence-corrected chi connectivity index (χ3v) is 6.98. The second kappa shape index (κ2) is 9.24. The summed E-state index contributed by atoms with van der Waals surface area (Å²) in [6.45, 7) is 3.98. The van der Waals surface area contributed by atoms with E-state index in [0.29, 0.717) is 36.6 Å². The second-order valence-corrected chi connectivity index (χ2v) is 9.61. The Morgan fingerprint density at radius 3 is 2.47 bits per heavy atom. The number of carbonyl (C=O) groups excluding carboxylic acids is 1. The van der Waals surface area contributed by atoms with E-state index in [0.717, 1.165) is 33.9 Å². The van der Waals surface area contributed by atoms with E-state index < -0.39 is 0 Å². The molecular weight excluding hydrogens is 472 g/mol. The predicted molar refractivity (Wildman–Crippen MR) is 142 cm³/mol. The summed E-state index contributed by atoms with van der Waals surface area (Å²) in [6, 6.07) is 25.4. The molecule has 5 aromatic rings. The zero-order valence-corrected chi connectivity index (χ0v) is 20.6. The van der Waals surface area contributed by atoms with Crippen LogP contribution >= 0.6 is 11.6 Å². The smallest absolute Gasteiger partial charge is 0.254 e. The standard InChI is InChI=1S/C28H25ClN6O/c1-19-18-33(14-15-34(19)27(36)21-10-6-3-7-11-21)28-30-24-17-22(29)12-13-23(24)26-32-31-25(35(26)28)16-20-8-4-2-5-9-20/h2-13,17,19H,14-16,18H2,1H3/t19-/m0/s1. The van der Waals surface area contributed by atoms with Crippen LogP contribution in [-0.4, -0.2) is 56.1 Å². The van der Waals surface area contributed by atoms with Gasteiger partial charge in [0.15, 0.2) is 5.65 Å². The molecule has 8 heteroatoms. The fraction of sp³-hybridized carbons (Fsp3) is 0.214. The summed E-state index contributed by atoms with van der Waals surface area (Å²) in [4.78, 5) is 22.4. The number of hydrogen-bond donors (Lipinski definition) is 0. The van der Waals surface area contributed by atoms with E-state index in [-0.39, 0.29) is 11.9 Å². The molecule has 0 unspecified atom stereocenters. The van der Waals surface area contributed by atoms with Crippen molar-refractivity contribution in [2.24, 2.45) is 0 Å². The molecule has 1 amide bonds. The van der Waals surface area contributed by atoms with Crippen molar-refractivity contribution in [2.45, 2.75) is 19.4 Å². The molecule has 180 valence electrons. The van der Waals surface area contributed by atoms with Crippen LogP contribution in [0.2, 0.25) is 5.02 Å². The maximum absolute atomic E-state index is 13.1. The fourth-order valence-corrected chi connectivity index (χ4v) is 5.10. The number of benzene rings is 3. The SMILES string of the molecule is C[C@H]1CN(c2nc3cc(Cl)ccc3c3nnc(Cc4ccccc4)n23)CCN1C(=O)c1ccccc1. The number of hydrogen-bond acceptors (Lipinski definition) is 5. The van der Waals surface area contributed by atoms with Gasteiger partial charge in [-0.3, -0.25) is 4.79 Å². The molecule has 1 aliphatic heterocycles. The third kappa shape index (κ3) is 4.05. The van der Waals surface area contributed by atoms with E-state index in [1.807, 2.05) is 71.6 Å². The average Bonchev–Trinajstić information content (AvgIpc) is 3.32. The molecule has 0 spiro atoms. The van der Waals surface area contributed by atoms with Gasteiger partial charge in [0.2, 0.25) is 5.95 Å². The Morgan fingerprint density at radius 2 is 1.72 bits per heavy atom. The molecular formula is C28H25ClN6O. The highest BCUT2D eigenvalue weighted by Crippen LogP contribution is 2.28. The normalized spacial score (nSPS) is 16.1. The summed E-state index contributed by atoms with van der Waals surface area (Å²) in [5.41, 5.74) is 3.40. The number of halogens is 1. The van der Waals surface area contributed by atoms with Gasteiger partial charge in [0.1, 0.15) is 5.82 Å². The minimum atomic E-state index is 0.00687. The van der Waals surface area contributed by atoms with Crippen LogP contribution in [0.1, 0.15) is 28.7 Å². The molecule has 1 atom stereocenters. The zero-order chi connectivity index (χ0) is 24.6. The highest BCUT2D eigenvalue weighted by molar-refractivity contribution is 6.31. The van der Waals surface area contributed by atoms with Crippen LogP contribution in [0.25, 0.3) is 16.6 Å². The van der Waals surface area contributed by atoms with Gasteiger partial charge in [0.25, 0.3) is 5.91 Å². The zero-order valence-electron chi connectivity index (χ0n) is 19.9. The summed E-state index contributed by atoms with van der Waals surface area (Å²) in [6.07, 6.45) is 0.637. The Morgan fingerprint density at radius 1 is 0.972 bits per heavy atom. The first-order chi connectivity index (χ1) is 17.6. The van der Waals surface area contributed by atoms with Crippen molar-refractivity contribution in [1.82, 2.24) is 24.5 Å². The first kappa shape index (κ1) is 22.5. The van der Waals surface area contributed by atoms with Gasteiger partial charge in [-0.15, -0.1) is 10.2 Å². The number of aromatic nitrogens is 4. The lowest BCUT2D eigenvalue weighted by atomic mass is 10.1. The van der Waals surface area contributed by atoms with Gasteiger partial charge in [-0.05, 0) is 42.8 Å². The topological polar surface area (TPSA) is 66.6 Å². The van der Waals surface area contributed by atoms with E-state index >= 15 is 0 Å². The van der Waals surface area contributed by atoms with Gasteiger partial charge in [-0.25, -0.2) is 9.38 Å². The van der Waals surface area contributed by atoms with Crippen LogP contribution in [0.3, 0.4) is 0 Å². The first-order valence-electron chi connectivity index (χ1n) is 12.1. The first-order valence-corrected chi connectivity index (χ1v) is 12.4. The van der Waals surface area contributed by atoms with Gasteiger partial charge >= 0.3 is 0 Å². The Labute approximate surface area is 214 Å². The monoisotopic (exact) mass is 496 g/mol. The van der Waals surface area contributed by atoms with Crippen molar-refractivity contribution in [3.8, 4) is 0 Å². The number of rotatable bonds is 4. The van der Waals surface area contributed by atoms with Gasteiger partial charge in [0, 0.05) is 48.1 Å². The molecule has 6 rings (SSSR count). The minimum absolute atomic E-state index is 0.00687. The largest absolute Gasteiger partial charge is 0.338 e. The Bertz CT molecular complexity index is 1550. The number of nitrogens with zero attached hydrogens (tertiary/aromatic N) is 6. The van der Waals surface area contributed by atoms with Crippen molar-refractivity contribution in [3.63, 3.8) is 0 Å². The summed E-state index contributed by atoms with van der Waals surface area (Å²) in [7, 11) is 0. The average molecular weight is 497 g/mol. The van der Waals surface area contributed by atoms with Crippen LogP contribution in [0.4, 0.5) is 5.95 Å². The fourth-order valence-electron chi connectivity index (χ4n) is 4.94. The lowest BCUT2D eigenvalue weighted by Crippen LogP contribution is -2.54. The lowest BCUT2D eigenvalue weighted by molar-refractivity contribution is 0.0673. The van der Waals surface area contributed by atoms with Crippen molar-refractivity contribution < 1.29 is 4.79 Å². The molecule has 1 saturated heterocycles. The van der Waals surface area contributed by atoms with Crippen LogP contribution < -0.4 is 4.90 Å². The van der Waals surface area contributed by atoms with Gasteiger partial charge in [-0.2, -0.15) is 0 Å². The van der Waals surface area contributed by atoms with Crippen LogP contribution in [0.15, 0.2) is 78.9 Å². The Kier molecular flexibility index (Phi) is 5.77. The number of fused-ring (bicyclic) bond motifs is 3. The van der Waals surface area contributed by atoms with Gasteiger partial charge < -0.3 is 9.80 Å². The van der Waals surface area contributed by atoms with Crippen LogP contribution in [0.5, 0.6) is 0 Å². The van der Waals surface area contributed by atoms with Crippen LogP contribution in [0, 0.1) is 0 Å². The molecule has 2 aromatic heterocycles. The molecule has 0 radical (unpaired) electrons. The number of piperazine rings is 1. The van der Waals surface area contributed by atoms with Crippen molar-refractivity contribution in [2.75, 3.05) is 24.5 Å². The third-order valence-electron chi connectivity index (χ3n) is 6.75. The van der Waals surface area contributed by atoms with E-state index in [1.54, 1.807) is 0 Å². The van der Waals surface area contributed by atoms with E-state index in [9.17, 15) is 4.79 Å². The molecule has 0 aliphatic carbocycles. The molecule has 3 aromatic carbocycles. The minimum Gasteiger partial charge on any atom is -0.338 e. The van der Waals surface area contributed by atoms with Gasteiger partial charge in [0.05, 0.1) is 5.52 Å². The van der Waals surface area contributed by atoms with E-state index in [4.69, 9.17) is 16.6 Å². The molecule has 0 saturated carbocycles. The molecule has 1 aliphatic rings. The van der Waals surface area contributed by atoms with Gasteiger partial charge in [-0.1, -0.05) is 60.1 Å². The second-order valence-electron chi connectivity index (χ2n) is 9.17. The maximum Gasteiger partial charge on any atom is 0.254 e. The molecule has 36 heavy (non-hydrogen) atoms. The van der Waals surface area contributed by atoms with Crippen molar-refractivity contribution in [1.29, 1.82) is 0 Å². The lowest BCUT2D eigenvalue weighted by Gasteiger charge is -2.40. The van der Waals surface area contributed by atoms with Crippen molar-refractivity contribution >= 4 is 40.0 Å². The predicted octanol–water partition coefficient (Wildman–Crippen LogP) is 4.87. The number of amides is 1. The number of carbonyl (C=O) groups is 1. The summed E-state index contributed by atoms with van der Waals surface area (Å²) >= 11 is 6.32. The quantitative estimate of drug-likeness (QED) is 0.355. The molecule has 0 bridgehead atoms. The van der Waals surface area contributed by atoms with E-state index in [1.165, 1.54) is 0 Å².